The van der Waals surface area contributed by atoms with E-state index in [0.717, 1.165) is 5.33 Å². The topological polar surface area (TPSA) is 0 Å². The molecule has 1 aromatic heterocycles. The lowest BCUT2D eigenvalue weighted by Gasteiger charge is -1.97. The molecule has 0 radical (unpaired) electrons. The Morgan fingerprint density at radius 1 is 1.14 bits per heavy atom. The first-order valence-corrected chi connectivity index (χ1v) is 6.93. The van der Waals surface area contributed by atoms with Crippen LogP contribution in [0.1, 0.15) is 18.4 Å². The van der Waals surface area contributed by atoms with Crippen LogP contribution in [0.4, 0.5) is 0 Å². The predicted octanol–water partition coefficient (Wildman–Crippen LogP) is 4.62. The summed E-state index contributed by atoms with van der Waals surface area (Å²) in [5.74, 6) is 0. The summed E-state index contributed by atoms with van der Waals surface area (Å²) in [6.45, 7) is 0. The van der Waals surface area contributed by atoms with Crippen LogP contribution in [0, 0.1) is 0 Å². The van der Waals surface area contributed by atoms with Crippen molar-refractivity contribution in [2.45, 2.75) is 19.3 Å². The maximum atomic E-state index is 3.47. The molecule has 1 aromatic carbocycles. The van der Waals surface area contributed by atoms with Gasteiger partial charge in [-0.2, -0.15) is 0 Å². The van der Waals surface area contributed by atoms with E-state index in [1.165, 1.54) is 34.9 Å². The van der Waals surface area contributed by atoms with E-state index in [2.05, 4.69) is 45.6 Å². The molecule has 0 N–H and O–H groups in total. The third-order valence-corrected chi connectivity index (χ3v) is 3.96. The molecule has 0 atom stereocenters. The van der Waals surface area contributed by atoms with Crippen LogP contribution >= 0.6 is 27.3 Å². The second-order valence-electron chi connectivity index (χ2n) is 3.40. The second-order valence-corrected chi connectivity index (χ2v) is 5.11. The van der Waals surface area contributed by atoms with Crippen LogP contribution in [0.5, 0.6) is 0 Å². The molecule has 0 nitrogen and oxygen atoms in total. The summed E-state index contributed by atoms with van der Waals surface area (Å²) in [4.78, 5) is 0. The van der Waals surface area contributed by atoms with Gasteiger partial charge in [-0.1, -0.05) is 34.1 Å². The van der Waals surface area contributed by atoms with E-state index in [-0.39, 0.29) is 0 Å². The lowest BCUT2D eigenvalue weighted by atomic mass is 10.1. The molecule has 0 bridgehead atoms. The summed E-state index contributed by atoms with van der Waals surface area (Å²) in [7, 11) is 0. The van der Waals surface area contributed by atoms with Crippen molar-refractivity contribution in [3.63, 3.8) is 0 Å². The Morgan fingerprint density at radius 3 is 2.86 bits per heavy atom. The number of hydrogen-bond acceptors (Lipinski definition) is 1. The normalized spacial score (nSPS) is 10.9. The Kier molecular flexibility index (Phi) is 3.60. The first-order chi connectivity index (χ1) is 6.92. The summed E-state index contributed by atoms with van der Waals surface area (Å²) in [5.41, 5.74) is 1.52. The smallest absolute Gasteiger partial charge is 0.0345 e. The van der Waals surface area contributed by atoms with Crippen molar-refractivity contribution >= 4 is 37.4 Å². The SMILES string of the molecule is BrCCCCc1csc2ccccc12. The summed E-state index contributed by atoms with van der Waals surface area (Å²) >= 11 is 5.33. The number of aryl methyl sites for hydroxylation is 1. The summed E-state index contributed by atoms with van der Waals surface area (Å²) in [6, 6.07) is 8.67. The number of unbranched alkanes of at least 4 members (excludes halogenated alkanes) is 1. The average Bonchev–Trinajstić information content (AvgIpc) is 2.63. The number of hydrogen-bond donors (Lipinski definition) is 0. The Bertz CT molecular complexity index is 405. The minimum atomic E-state index is 1.12. The largest absolute Gasteiger partial charge is 0.144 e. The summed E-state index contributed by atoms with van der Waals surface area (Å²) < 4.78 is 1.42. The third-order valence-electron chi connectivity index (χ3n) is 2.39. The predicted molar refractivity (Wildman–Crippen MR) is 68.6 cm³/mol. The molecular formula is C12H13BrS. The van der Waals surface area contributed by atoms with Crippen molar-refractivity contribution in [3.8, 4) is 0 Å². The zero-order valence-electron chi connectivity index (χ0n) is 8.00. The molecule has 0 spiro atoms. The molecule has 0 saturated carbocycles. The van der Waals surface area contributed by atoms with Crippen LogP contribution in [0.2, 0.25) is 0 Å². The summed E-state index contributed by atoms with van der Waals surface area (Å²) in [6.07, 6.45) is 3.77. The monoisotopic (exact) mass is 268 g/mol. The maximum absolute atomic E-state index is 3.47. The molecule has 14 heavy (non-hydrogen) atoms. The average molecular weight is 269 g/mol. The number of benzene rings is 1. The van der Waals surface area contributed by atoms with Gasteiger partial charge in [0.1, 0.15) is 0 Å². The van der Waals surface area contributed by atoms with Gasteiger partial charge in [0.05, 0.1) is 0 Å². The van der Waals surface area contributed by atoms with Crippen LogP contribution < -0.4 is 0 Å². The molecule has 0 fully saturated rings. The molecule has 0 aliphatic heterocycles. The highest BCUT2D eigenvalue weighted by Gasteiger charge is 2.01. The van der Waals surface area contributed by atoms with Gasteiger partial charge in [-0.3, -0.25) is 0 Å². The van der Waals surface area contributed by atoms with Crippen molar-refractivity contribution in [2.75, 3.05) is 5.33 Å². The minimum Gasteiger partial charge on any atom is -0.144 e. The van der Waals surface area contributed by atoms with Crippen molar-refractivity contribution in [2.24, 2.45) is 0 Å². The molecule has 2 aromatic rings. The van der Waals surface area contributed by atoms with Crippen LogP contribution in [-0.4, -0.2) is 5.33 Å². The van der Waals surface area contributed by atoms with Gasteiger partial charge in [0.15, 0.2) is 0 Å². The Hall–Kier alpha value is -0.340. The highest BCUT2D eigenvalue weighted by atomic mass is 79.9. The van der Waals surface area contributed by atoms with Crippen molar-refractivity contribution < 1.29 is 0 Å². The Morgan fingerprint density at radius 2 is 2.00 bits per heavy atom. The zero-order valence-corrected chi connectivity index (χ0v) is 10.4. The fourth-order valence-corrected chi connectivity index (χ4v) is 3.03. The van der Waals surface area contributed by atoms with Crippen LogP contribution in [0.3, 0.4) is 0 Å². The van der Waals surface area contributed by atoms with E-state index in [1.54, 1.807) is 0 Å². The first-order valence-electron chi connectivity index (χ1n) is 4.93. The molecule has 0 unspecified atom stereocenters. The molecule has 74 valence electrons. The van der Waals surface area contributed by atoms with Crippen molar-refractivity contribution in [3.05, 3.63) is 35.2 Å². The standard InChI is InChI=1S/C12H13BrS/c13-8-4-3-5-10-9-14-12-7-2-1-6-11(10)12/h1-2,6-7,9H,3-5,8H2. The first kappa shape index (κ1) is 10.2. The van der Waals surface area contributed by atoms with E-state index >= 15 is 0 Å². The van der Waals surface area contributed by atoms with Crippen molar-refractivity contribution in [1.29, 1.82) is 0 Å². The second kappa shape index (κ2) is 4.94. The molecule has 0 amide bonds. The Labute approximate surface area is 97.1 Å². The highest BCUT2D eigenvalue weighted by Crippen LogP contribution is 2.26. The quantitative estimate of drug-likeness (QED) is 0.561. The van der Waals surface area contributed by atoms with Gasteiger partial charge in [0.25, 0.3) is 0 Å². The number of fused-ring (bicyclic) bond motifs is 1. The van der Waals surface area contributed by atoms with E-state index < -0.39 is 0 Å². The van der Waals surface area contributed by atoms with Gasteiger partial charge in [-0.15, -0.1) is 11.3 Å². The lowest BCUT2D eigenvalue weighted by Crippen LogP contribution is -1.83. The van der Waals surface area contributed by atoms with E-state index in [1.807, 2.05) is 11.3 Å². The number of alkyl halides is 1. The van der Waals surface area contributed by atoms with Crippen LogP contribution in [0.25, 0.3) is 10.1 Å². The fraction of sp³-hybridized carbons (Fsp3) is 0.333. The summed E-state index contributed by atoms with van der Waals surface area (Å²) in [5, 5.41) is 4.88. The number of halogens is 1. The van der Waals surface area contributed by atoms with Gasteiger partial charge >= 0.3 is 0 Å². The fourth-order valence-electron chi connectivity index (χ4n) is 1.64. The van der Waals surface area contributed by atoms with Gasteiger partial charge in [0.2, 0.25) is 0 Å². The molecular weight excluding hydrogens is 256 g/mol. The van der Waals surface area contributed by atoms with E-state index in [0.29, 0.717) is 0 Å². The van der Waals surface area contributed by atoms with Gasteiger partial charge in [-0.25, -0.2) is 0 Å². The van der Waals surface area contributed by atoms with Gasteiger partial charge < -0.3 is 0 Å². The molecule has 0 saturated heterocycles. The number of rotatable bonds is 4. The molecule has 1 heterocycles. The zero-order chi connectivity index (χ0) is 9.80. The van der Waals surface area contributed by atoms with Crippen LogP contribution in [-0.2, 0) is 6.42 Å². The minimum absolute atomic E-state index is 1.12. The molecule has 0 aliphatic rings. The van der Waals surface area contributed by atoms with E-state index in [9.17, 15) is 0 Å². The molecule has 2 rings (SSSR count). The molecule has 2 heteroatoms. The van der Waals surface area contributed by atoms with Gasteiger partial charge in [-0.05, 0) is 41.7 Å². The van der Waals surface area contributed by atoms with Crippen LogP contribution in [0.15, 0.2) is 29.6 Å². The maximum Gasteiger partial charge on any atom is 0.0345 e. The Balaban J connectivity index is 2.17. The number of thiophene rings is 1. The molecule has 0 aliphatic carbocycles. The third kappa shape index (κ3) is 2.18. The highest BCUT2D eigenvalue weighted by molar-refractivity contribution is 9.09. The van der Waals surface area contributed by atoms with Crippen molar-refractivity contribution in [1.82, 2.24) is 0 Å². The lowest BCUT2D eigenvalue weighted by molar-refractivity contribution is 0.812. The van der Waals surface area contributed by atoms with E-state index in [4.69, 9.17) is 0 Å². The van der Waals surface area contributed by atoms with Gasteiger partial charge in [0, 0.05) is 10.0 Å².